The molecule has 0 aromatic heterocycles. The van der Waals surface area contributed by atoms with Crippen molar-refractivity contribution in [2.75, 3.05) is 45.9 Å². The van der Waals surface area contributed by atoms with Gasteiger partial charge in [0.1, 0.15) is 0 Å². The molecule has 0 aliphatic carbocycles. The van der Waals surface area contributed by atoms with Crippen molar-refractivity contribution in [2.45, 2.75) is 13.0 Å². The van der Waals surface area contributed by atoms with E-state index < -0.39 is 0 Å². The zero-order chi connectivity index (χ0) is 12.3. The molecule has 1 atom stereocenters. The second-order valence-electron chi connectivity index (χ2n) is 4.44. The first-order valence-electron chi connectivity index (χ1n) is 6.07. The number of nitrogens with one attached hydrogen (secondary N) is 1. The van der Waals surface area contributed by atoms with E-state index in [0.717, 1.165) is 19.6 Å². The van der Waals surface area contributed by atoms with Crippen LogP contribution in [-0.2, 0) is 14.3 Å². The van der Waals surface area contributed by atoms with Gasteiger partial charge < -0.3 is 15.0 Å². The van der Waals surface area contributed by atoms with Gasteiger partial charge in [0.05, 0.1) is 25.8 Å². The topological polar surface area (TPSA) is 61.9 Å². The van der Waals surface area contributed by atoms with Crippen molar-refractivity contribution in [1.29, 1.82) is 0 Å². The Labute approximate surface area is 101 Å². The van der Waals surface area contributed by atoms with Gasteiger partial charge in [-0.1, -0.05) is 6.92 Å². The number of morpholine rings is 1. The van der Waals surface area contributed by atoms with E-state index in [1.54, 1.807) is 4.90 Å². The summed E-state index contributed by atoms with van der Waals surface area (Å²) in [4.78, 5) is 26.7. The Morgan fingerprint density at radius 2 is 2.29 bits per heavy atom. The highest BCUT2D eigenvalue weighted by molar-refractivity contribution is 5.92. The molecule has 0 spiro atoms. The third-order valence-corrected chi connectivity index (χ3v) is 3.22. The fourth-order valence-electron chi connectivity index (χ4n) is 2.19. The summed E-state index contributed by atoms with van der Waals surface area (Å²) in [6, 6.07) is 0. The molecule has 0 aromatic carbocycles. The normalized spacial score (nSPS) is 27.1. The van der Waals surface area contributed by atoms with Crippen LogP contribution in [-0.4, -0.2) is 73.6 Å². The van der Waals surface area contributed by atoms with Crippen LogP contribution in [0.25, 0.3) is 0 Å². The van der Waals surface area contributed by atoms with Gasteiger partial charge in [-0.2, -0.15) is 0 Å². The molecular weight excluding hydrogens is 222 g/mol. The minimum atomic E-state index is -0.0900. The van der Waals surface area contributed by atoms with Crippen LogP contribution >= 0.6 is 0 Å². The van der Waals surface area contributed by atoms with Crippen molar-refractivity contribution in [3.8, 4) is 0 Å². The van der Waals surface area contributed by atoms with Gasteiger partial charge in [-0.3, -0.25) is 14.5 Å². The molecule has 17 heavy (non-hydrogen) atoms. The van der Waals surface area contributed by atoms with E-state index in [4.69, 9.17) is 4.74 Å². The van der Waals surface area contributed by atoms with Crippen LogP contribution in [0.2, 0.25) is 0 Å². The Balaban J connectivity index is 1.86. The summed E-state index contributed by atoms with van der Waals surface area (Å²) in [6.07, 6.45) is 0.0264. The van der Waals surface area contributed by atoms with Crippen LogP contribution in [0.1, 0.15) is 6.92 Å². The number of nitrogens with zero attached hydrogens (tertiary/aromatic N) is 2. The predicted molar refractivity (Wildman–Crippen MR) is 61.4 cm³/mol. The molecule has 0 saturated carbocycles. The van der Waals surface area contributed by atoms with Crippen LogP contribution in [0.4, 0.5) is 0 Å². The quantitative estimate of drug-likeness (QED) is 0.665. The number of piperazine rings is 1. The summed E-state index contributed by atoms with van der Waals surface area (Å²) in [6.45, 7) is 6.38. The van der Waals surface area contributed by atoms with Crippen molar-refractivity contribution < 1.29 is 14.3 Å². The first-order valence-corrected chi connectivity index (χ1v) is 6.07. The lowest BCUT2D eigenvalue weighted by Gasteiger charge is -2.36. The molecule has 96 valence electrons. The van der Waals surface area contributed by atoms with Gasteiger partial charge in [0, 0.05) is 19.6 Å². The van der Waals surface area contributed by atoms with E-state index in [1.807, 2.05) is 0 Å². The second-order valence-corrected chi connectivity index (χ2v) is 4.44. The number of hydrogen-bond donors (Lipinski definition) is 1. The van der Waals surface area contributed by atoms with Gasteiger partial charge in [-0.25, -0.2) is 0 Å². The third-order valence-electron chi connectivity index (χ3n) is 3.22. The molecule has 2 aliphatic rings. The van der Waals surface area contributed by atoms with Crippen molar-refractivity contribution >= 4 is 11.8 Å². The first-order chi connectivity index (χ1) is 8.19. The Morgan fingerprint density at radius 1 is 1.47 bits per heavy atom. The first kappa shape index (κ1) is 12.3. The molecule has 2 heterocycles. The van der Waals surface area contributed by atoms with Gasteiger partial charge in [-0.15, -0.1) is 0 Å². The van der Waals surface area contributed by atoms with Crippen LogP contribution in [0, 0.1) is 0 Å². The number of likely N-dealkylation sites (N-methyl/N-ethyl adjacent to an activating group) is 1. The zero-order valence-electron chi connectivity index (χ0n) is 10.1. The molecule has 1 unspecified atom stereocenters. The van der Waals surface area contributed by atoms with Crippen LogP contribution in [0.3, 0.4) is 0 Å². The van der Waals surface area contributed by atoms with E-state index in [2.05, 4.69) is 17.1 Å². The van der Waals surface area contributed by atoms with Crippen molar-refractivity contribution in [3.63, 3.8) is 0 Å². The Kier molecular flexibility index (Phi) is 3.96. The van der Waals surface area contributed by atoms with Crippen molar-refractivity contribution in [1.82, 2.24) is 15.1 Å². The summed E-state index contributed by atoms with van der Waals surface area (Å²) < 4.78 is 5.63. The molecule has 6 heteroatoms. The molecule has 0 radical (unpaired) electrons. The van der Waals surface area contributed by atoms with Crippen LogP contribution in [0.15, 0.2) is 0 Å². The maximum atomic E-state index is 11.6. The van der Waals surface area contributed by atoms with E-state index in [9.17, 15) is 9.59 Å². The fraction of sp³-hybridized carbons (Fsp3) is 0.818. The summed E-state index contributed by atoms with van der Waals surface area (Å²) in [5, 5.41) is 2.54. The average Bonchev–Trinajstić information content (AvgIpc) is 2.34. The van der Waals surface area contributed by atoms with E-state index in [-0.39, 0.29) is 31.0 Å². The number of carbonyl (C=O) groups is 2. The Morgan fingerprint density at radius 3 is 3.06 bits per heavy atom. The number of amides is 2. The van der Waals surface area contributed by atoms with Gasteiger partial charge in [0.25, 0.3) is 0 Å². The zero-order valence-corrected chi connectivity index (χ0v) is 10.1. The number of rotatable bonds is 3. The largest absolute Gasteiger partial charge is 0.374 e. The second kappa shape index (κ2) is 5.46. The molecule has 2 amide bonds. The molecule has 0 aromatic rings. The molecule has 6 nitrogen and oxygen atoms in total. The molecular formula is C11H19N3O3. The van der Waals surface area contributed by atoms with E-state index in [1.165, 1.54) is 0 Å². The molecule has 2 fully saturated rings. The smallest absolute Gasteiger partial charge is 0.242 e. The van der Waals surface area contributed by atoms with Gasteiger partial charge in [0.15, 0.2) is 0 Å². The van der Waals surface area contributed by atoms with Crippen molar-refractivity contribution in [3.05, 3.63) is 0 Å². The summed E-state index contributed by atoms with van der Waals surface area (Å²) in [7, 11) is 0. The Hall–Kier alpha value is -1.14. The minimum absolute atomic E-state index is 0.0261. The van der Waals surface area contributed by atoms with Gasteiger partial charge in [-0.05, 0) is 6.54 Å². The minimum Gasteiger partial charge on any atom is -0.374 e. The van der Waals surface area contributed by atoms with E-state index in [0.29, 0.717) is 13.2 Å². The summed E-state index contributed by atoms with van der Waals surface area (Å²) in [5.41, 5.74) is 0. The molecule has 2 rings (SSSR count). The lowest BCUT2D eigenvalue weighted by Crippen LogP contribution is -2.56. The van der Waals surface area contributed by atoms with Gasteiger partial charge >= 0.3 is 0 Å². The highest BCUT2D eigenvalue weighted by atomic mass is 16.5. The highest BCUT2D eigenvalue weighted by Gasteiger charge is 2.28. The SMILES string of the molecule is CCN1CCOC(CN2CC(=O)NCC2=O)C1. The maximum absolute atomic E-state index is 11.6. The lowest BCUT2D eigenvalue weighted by atomic mass is 10.2. The summed E-state index contributed by atoms with van der Waals surface area (Å²) >= 11 is 0. The summed E-state index contributed by atoms with van der Waals surface area (Å²) in [5.74, 6) is -0.116. The average molecular weight is 241 g/mol. The fourth-order valence-corrected chi connectivity index (χ4v) is 2.19. The predicted octanol–water partition coefficient (Wildman–Crippen LogP) is -1.33. The maximum Gasteiger partial charge on any atom is 0.242 e. The number of carbonyl (C=O) groups excluding carboxylic acids is 2. The molecule has 0 bridgehead atoms. The molecule has 1 N–H and O–H groups in total. The van der Waals surface area contributed by atoms with Crippen LogP contribution in [0.5, 0.6) is 0 Å². The molecule has 2 saturated heterocycles. The monoisotopic (exact) mass is 241 g/mol. The highest BCUT2D eigenvalue weighted by Crippen LogP contribution is 2.08. The molecule has 2 aliphatic heterocycles. The number of hydrogen-bond acceptors (Lipinski definition) is 4. The lowest BCUT2D eigenvalue weighted by molar-refractivity contribution is -0.143. The third kappa shape index (κ3) is 3.17. The van der Waals surface area contributed by atoms with Gasteiger partial charge in [0.2, 0.25) is 11.8 Å². The van der Waals surface area contributed by atoms with Crippen LogP contribution < -0.4 is 5.32 Å². The standard InChI is InChI=1S/C11H19N3O3/c1-2-13-3-4-17-9(6-13)7-14-8-10(15)12-5-11(14)16/h9H,2-8H2,1H3,(H,12,15). The van der Waals surface area contributed by atoms with Crippen molar-refractivity contribution in [2.24, 2.45) is 0 Å². The number of ether oxygens (including phenoxy) is 1. The Bertz CT molecular complexity index is 308. The van der Waals surface area contributed by atoms with E-state index >= 15 is 0 Å².